The van der Waals surface area contributed by atoms with Gasteiger partial charge >= 0.3 is 12.1 Å². The Morgan fingerprint density at radius 2 is 1.86 bits per heavy atom. The average molecular weight is 838 g/mol. The van der Waals surface area contributed by atoms with Crippen molar-refractivity contribution in [3.05, 3.63) is 126 Å². The van der Waals surface area contributed by atoms with Crippen molar-refractivity contribution < 1.29 is 27.4 Å². The number of nitrogens with zero attached hydrogens (tertiary/aromatic N) is 2. The summed E-state index contributed by atoms with van der Waals surface area (Å²) < 4.78 is 56.5. The first-order chi connectivity index (χ1) is 20.9. The van der Waals surface area contributed by atoms with E-state index >= 15 is 0 Å². The molecule has 0 amide bonds. The zero-order valence-electron chi connectivity index (χ0n) is 22.4. The maximum atomic E-state index is 14.3. The van der Waals surface area contributed by atoms with Gasteiger partial charge in [-0.2, -0.15) is 13.2 Å². The van der Waals surface area contributed by atoms with Crippen LogP contribution < -0.4 is 19.6 Å². The van der Waals surface area contributed by atoms with Crippen LogP contribution in [0.25, 0.3) is 6.08 Å². The van der Waals surface area contributed by atoms with Gasteiger partial charge in [-0.1, -0.05) is 58.8 Å². The molecule has 1 aromatic heterocycles. The molecule has 0 spiro atoms. The van der Waals surface area contributed by atoms with E-state index in [2.05, 4.69) is 43.5 Å². The molecule has 1 aliphatic rings. The van der Waals surface area contributed by atoms with E-state index in [-0.39, 0.29) is 28.1 Å². The molecule has 6 nitrogen and oxygen atoms in total. The first-order valence-corrected chi connectivity index (χ1v) is 16.2. The highest BCUT2D eigenvalue weighted by Crippen LogP contribution is 2.39. The van der Waals surface area contributed by atoms with Crippen molar-refractivity contribution in [2.24, 2.45) is 4.99 Å². The molecule has 0 unspecified atom stereocenters. The van der Waals surface area contributed by atoms with Crippen LogP contribution in [0.3, 0.4) is 0 Å². The third-order valence-corrected chi connectivity index (χ3v) is 9.23. The molecule has 228 valence electrons. The Kier molecular flexibility index (Phi) is 9.95. The molecule has 5 rings (SSSR count). The highest BCUT2D eigenvalue weighted by atomic mass is 127. The average Bonchev–Trinajstić information content (AvgIpc) is 3.26. The molecule has 3 aromatic carbocycles. The monoisotopic (exact) mass is 836 g/mol. The SMILES string of the molecule is CCOC(=O)C1=C(C(F)(F)F)N=c2s/c(=C\c3cc(Br)c(OCc4cccc(Cl)c4)c(I)c3)c(=O)n2[C@@H]1c1ccc(Cl)cc1. The van der Waals surface area contributed by atoms with Crippen LogP contribution in [-0.2, 0) is 16.1 Å². The maximum absolute atomic E-state index is 14.3. The van der Waals surface area contributed by atoms with Gasteiger partial charge in [0, 0.05) is 10.0 Å². The summed E-state index contributed by atoms with van der Waals surface area (Å²) in [5.74, 6) is -0.648. The molecule has 0 aliphatic carbocycles. The number of allylic oxidation sites excluding steroid dienone is 1. The number of ether oxygens (including phenoxy) is 2. The van der Waals surface area contributed by atoms with E-state index in [1.54, 1.807) is 30.3 Å². The predicted octanol–water partition coefficient (Wildman–Crippen LogP) is 7.59. The summed E-state index contributed by atoms with van der Waals surface area (Å²) in [5, 5.41) is 0.922. The first kappa shape index (κ1) is 32.7. The molecule has 14 heteroatoms. The standard InChI is InChI=1S/C30H19BrCl2F3IN2O4S/c1-2-42-28(41)23-24(17-6-8-18(32)9-7-17)39-27(40)22(44-29(39)38-26(23)30(34,35)36)13-16-11-20(31)25(21(37)12-16)43-14-15-4-3-5-19(33)10-15/h3-13,24H,2,14H2,1H3/b22-13-/t24-/m1/s1. The number of carbonyl (C=O) groups excluding carboxylic acids is 1. The van der Waals surface area contributed by atoms with Crippen molar-refractivity contribution in [2.45, 2.75) is 25.7 Å². The molecule has 0 N–H and O–H groups in total. The Labute approximate surface area is 284 Å². The summed E-state index contributed by atoms with van der Waals surface area (Å²) in [6.07, 6.45) is -3.44. The fourth-order valence-electron chi connectivity index (χ4n) is 4.54. The Morgan fingerprint density at radius 1 is 1.14 bits per heavy atom. The first-order valence-electron chi connectivity index (χ1n) is 12.8. The fraction of sp³-hybridized carbons (Fsp3) is 0.167. The third-order valence-electron chi connectivity index (χ3n) is 6.37. The summed E-state index contributed by atoms with van der Waals surface area (Å²) in [6.45, 7) is 1.57. The number of fused-ring (bicyclic) bond motifs is 1. The van der Waals surface area contributed by atoms with Gasteiger partial charge in [0.25, 0.3) is 5.56 Å². The number of hydrogen-bond donors (Lipinski definition) is 0. The lowest BCUT2D eigenvalue weighted by molar-refractivity contribution is -0.140. The molecule has 1 aliphatic heterocycles. The van der Waals surface area contributed by atoms with Crippen molar-refractivity contribution in [3.63, 3.8) is 0 Å². The number of esters is 1. The second-order valence-electron chi connectivity index (χ2n) is 9.35. The Balaban J connectivity index is 1.62. The smallest absolute Gasteiger partial charge is 0.434 e. The van der Waals surface area contributed by atoms with Crippen LogP contribution >= 0.6 is 73.1 Å². The Hall–Kier alpha value is -2.65. The molecule has 4 aromatic rings. The lowest BCUT2D eigenvalue weighted by Gasteiger charge is -2.26. The van der Waals surface area contributed by atoms with Crippen LogP contribution in [0.1, 0.15) is 29.7 Å². The van der Waals surface area contributed by atoms with Crippen LogP contribution in [0.2, 0.25) is 10.0 Å². The predicted molar refractivity (Wildman–Crippen MR) is 175 cm³/mol. The third kappa shape index (κ3) is 6.94. The molecular formula is C30H19BrCl2F3IN2O4S. The molecular weight excluding hydrogens is 819 g/mol. The van der Waals surface area contributed by atoms with Crippen LogP contribution in [0.5, 0.6) is 5.75 Å². The number of halogens is 7. The second kappa shape index (κ2) is 13.4. The van der Waals surface area contributed by atoms with Gasteiger partial charge in [0.15, 0.2) is 10.5 Å². The lowest BCUT2D eigenvalue weighted by atomic mass is 9.95. The summed E-state index contributed by atoms with van der Waals surface area (Å²) in [6, 6.07) is 15.2. The highest BCUT2D eigenvalue weighted by molar-refractivity contribution is 14.1. The number of aromatic nitrogens is 1. The van der Waals surface area contributed by atoms with E-state index in [9.17, 15) is 22.8 Å². The number of benzene rings is 3. The van der Waals surface area contributed by atoms with Gasteiger partial charge < -0.3 is 9.47 Å². The minimum absolute atomic E-state index is 0.115. The highest BCUT2D eigenvalue weighted by Gasteiger charge is 2.45. The molecule has 0 saturated carbocycles. The molecule has 0 radical (unpaired) electrons. The quantitative estimate of drug-likeness (QED) is 0.142. The van der Waals surface area contributed by atoms with E-state index in [0.717, 1.165) is 25.0 Å². The molecule has 0 fully saturated rings. The van der Waals surface area contributed by atoms with E-state index in [4.69, 9.17) is 32.7 Å². The summed E-state index contributed by atoms with van der Waals surface area (Å²) in [5.41, 5.74) is -1.11. The summed E-state index contributed by atoms with van der Waals surface area (Å²) in [7, 11) is 0. The molecule has 0 bridgehead atoms. The summed E-state index contributed by atoms with van der Waals surface area (Å²) in [4.78, 5) is 30.4. The van der Waals surface area contributed by atoms with Gasteiger partial charge in [-0.05, 0) is 105 Å². The zero-order chi connectivity index (χ0) is 31.8. The van der Waals surface area contributed by atoms with Crippen LogP contribution in [0.15, 0.2) is 86.2 Å². The minimum atomic E-state index is -5.00. The van der Waals surface area contributed by atoms with E-state index < -0.39 is 35.0 Å². The van der Waals surface area contributed by atoms with Crippen molar-refractivity contribution in [3.8, 4) is 5.75 Å². The lowest BCUT2D eigenvalue weighted by Crippen LogP contribution is -2.41. The molecule has 0 saturated heterocycles. The number of rotatable bonds is 7. The largest absolute Gasteiger partial charge is 0.487 e. The van der Waals surface area contributed by atoms with E-state index in [1.165, 1.54) is 31.2 Å². The van der Waals surface area contributed by atoms with Crippen LogP contribution in [0.4, 0.5) is 13.2 Å². The van der Waals surface area contributed by atoms with Crippen LogP contribution in [-0.4, -0.2) is 23.3 Å². The minimum Gasteiger partial charge on any atom is -0.487 e. The van der Waals surface area contributed by atoms with Crippen molar-refractivity contribution in [2.75, 3.05) is 6.61 Å². The van der Waals surface area contributed by atoms with Gasteiger partial charge in [0.1, 0.15) is 12.4 Å². The normalized spacial score (nSPS) is 15.2. The van der Waals surface area contributed by atoms with Gasteiger partial charge in [0.05, 0.1) is 30.8 Å². The molecule has 2 heterocycles. The number of alkyl halides is 3. The van der Waals surface area contributed by atoms with Crippen LogP contribution in [0, 0.1) is 3.57 Å². The van der Waals surface area contributed by atoms with Crippen molar-refractivity contribution >= 4 is 85.1 Å². The number of hydrogen-bond acceptors (Lipinski definition) is 6. The number of carbonyl (C=O) groups is 1. The van der Waals surface area contributed by atoms with Gasteiger partial charge in [-0.25, -0.2) is 9.79 Å². The molecule has 1 atom stereocenters. The van der Waals surface area contributed by atoms with Crippen molar-refractivity contribution in [1.29, 1.82) is 0 Å². The number of thiazole rings is 1. The summed E-state index contributed by atoms with van der Waals surface area (Å²) >= 11 is 18.5. The zero-order valence-corrected chi connectivity index (χ0v) is 28.5. The van der Waals surface area contributed by atoms with Gasteiger partial charge in [0.2, 0.25) is 0 Å². The molecule has 44 heavy (non-hydrogen) atoms. The Bertz CT molecular complexity index is 1950. The maximum Gasteiger partial charge on any atom is 0.434 e. The van der Waals surface area contributed by atoms with Gasteiger partial charge in [-0.3, -0.25) is 9.36 Å². The Morgan fingerprint density at radius 3 is 2.50 bits per heavy atom. The fourth-order valence-corrected chi connectivity index (χ4v) is 7.64. The van der Waals surface area contributed by atoms with Gasteiger partial charge in [-0.15, -0.1) is 0 Å². The second-order valence-corrected chi connectivity index (χ2v) is 13.2. The van der Waals surface area contributed by atoms with E-state index in [1.807, 2.05) is 12.1 Å². The van der Waals surface area contributed by atoms with E-state index in [0.29, 0.717) is 25.8 Å². The topological polar surface area (TPSA) is 69.9 Å². The van der Waals surface area contributed by atoms with Crippen molar-refractivity contribution in [1.82, 2.24) is 4.57 Å².